The highest BCUT2D eigenvalue weighted by atomic mass is 16.1. The minimum atomic E-state index is -0.234. The van der Waals surface area contributed by atoms with Gasteiger partial charge in [0, 0.05) is 11.1 Å². The maximum absolute atomic E-state index is 12.2. The Morgan fingerprint density at radius 1 is 1.14 bits per heavy atom. The van der Waals surface area contributed by atoms with Gasteiger partial charge in [0.2, 0.25) is 5.95 Å². The Bertz CT molecular complexity index is 1030. The quantitative estimate of drug-likeness (QED) is 0.519. The van der Waals surface area contributed by atoms with Crippen LogP contribution in [0.25, 0.3) is 27.8 Å². The van der Waals surface area contributed by atoms with Crippen molar-refractivity contribution in [1.29, 1.82) is 0 Å². The molecule has 4 rings (SSSR count). The van der Waals surface area contributed by atoms with Crippen molar-refractivity contribution in [2.24, 2.45) is 0 Å². The van der Waals surface area contributed by atoms with E-state index in [1.807, 2.05) is 24.3 Å². The molecule has 2 heterocycles. The lowest BCUT2D eigenvalue weighted by molar-refractivity contribution is 0.835. The maximum atomic E-state index is 12.2. The number of fused-ring (bicyclic) bond motifs is 2. The average Bonchev–Trinajstić information content (AvgIpc) is 2.92. The van der Waals surface area contributed by atoms with Crippen molar-refractivity contribution in [3.05, 3.63) is 59.0 Å². The average molecular weight is 277 g/mol. The normalized spacial score (nSPS) is 11.2. The van der Waals surface area contributed by atoms with Gasteiger partial charge in [-0.2, -0.15) is 9.78 Å². The fraction of sp³-hybridized carbons (Fsp3) is 0. The number of nitrogens with one attached hydrogen (secondary N) is 1. The summed E-state index contributed by atoms with van der Waals surface area (Å²) in [6.07, 6.45) is 1.74. The number of nitrogens with zero attached hydrogens (tertiary/aromatic N) is 3. The molecule has 0 radical (unpaired) electrons. The Hall–Kier alpha value is -3.15. The number of aromatic nitrogens is 4. The van der Waals surface area contributed by atoms with Gasteiger partial charge >= 0.3 is 0 Å². The molecule has 0 aliphatic heterocycles. The van der Waals surface area contributed by atoms with E-state index < -0.39 is 0 Å². The second kappa shape index (κ2) is 4.17. The van der Waals surface area contributed by atoms with E-state index in [1.54, 1.807) is 29.1 Å². The Morgan fingerprint density at radius 2 is 2.00 bits per heavy atom. The molecule has 2 aromatic carbocycles. The van der Waals surface area contributed by atoms with Crippen LogP contribution in [0.4, 0.5) is 5.69 Å². The van der Waals surface area contributed by atoms with E-state index in [9.17, 15) is 4.79 Å². The van der Waals surface area contributed by atoms with Crippen LogP contribution in [0.3, 0.4) is 0 Å². The van der Waals surface area contributed by atoms with E-state index in [2.05, 4.69) is 15.1 Å². The molecular weight excluding hydrogens is 266 g/mol. The smallest absolute Gasteiger partial charge is 0.260 e. The van der Waals surface area contributed by atoms with E-state index >= 15 is 0 Å². The van der Waals surface area contributed by atoms with E-state index in [0.717, 1.165) is 10.9 Å². The van der Waals surface area contributed by atoms with Gasteiger partial charge in [-0.3, -0.25) is 9.78 Å². The maximum Gasteiger partial charge on any atom is 0.260 e. The van der Waals surface area contributed by atoms with Crippen molar-refractivity contribution in [2.75, 3.05) is 5.73 Å². The van der Waals surface area contributed by atoms with E-state index in [1.165, 1.54) is 0 Å². The third-order valence-electron chi connectivity index (χ3n) is 3.39. The predicted octanol–water partition coefficient (Wildman–Crippen LogP) is 1.84. The van der Waals surface area contributed by atoms with Gasteiger partial charge in [-0.15, -0.1) is 0 Å². The number of nitrogen functional groups attached to an aromatic ring is 1. The highest BCUT2D eigenvalue weighted by Gasteiger charge is 2.09. The molecular formula is C15H11N5O. The first-order valence-corrected chi connectivity index (χ1v) is 6.45. The van der Waals surface area contributed by atoms with Crippen molar-refractivity contribution in [1.82, 2.24) is 19.7 Å². The molecule has 6 heteroatoms. The molecule has 0 atom stereocenters. The van der Waals surface area contributed by atoms with Crippen LogP contribution >= 0.6 is 0 Å². The van der Waals surface area contributed by atoms with Gasteiger partial charge in [-0.05, 0) is 24.3 Å². The Labute approximate surface area is 118 Å². The van der Waals surface area contributed by atoms with Crippen molar-refractivity contribution in [2.45, 2.75) is 0 Å². The van der Waals surface area contributed by atoms with Crippen LogP contribution in [-0.4, -0.2) is 19.7 Å². The molecule has 2 aromatic heterocycles. The molecule has 0 saturated heterocycles. The molecule has 3 N–H and O–H groups in total. The van der Waals surface area contributed by atoms with Gasteiger partial charge in [0.15, 0.2) is 0 Å². The highest BCUT2D eigenvalue weighted by Crippen LogP contribution is 2.17. The molecule has 0 aliphatic carbocycles. The van der Waals surface area contributed by atoms with Crippen molar-refractivity contribution in [3.63, 3.8) is 0 Å². The molecule has 0 aliphatic rings. The first-order chi connectivity index (χ1) is 10.2. The number of hydrogen-bond acceptors (Lipinski definition) is 4. The van der Waals surface area contributed by atoms with Crippen LogP contribution in [0.1, 0.15) is 0 Å². The zero-order valence-electron chi connectivity index (χ0n) is 10.9. The molecule has 4 aromatic rings. The summed E-state index contributed by atoms with van der Waals surface area (Å²) in [6, 6.07) is 12.8. The molecule has 0 spiro atoms. The number of rotatable bonds is 1. The monoisotopic (exact) mass is 277 g/mol. The molecule has 0 unspecified atom stereocenters. The molecule has 0 bridgehead atoms. The van der Waals surface area contributed by atoms with Gasteiger partial charge in [0.05, 0.1) is 22.6 Å². The third kappa shape index (κ3) is 1.77. The van der Waals surface area contributed by atoms with Gasteiger partial charge in [0.1, 0.15) is 0 Å². The predicted molar refractivity (Wildman–Crippen MR) is 81.4 cm³/mol. The topological polar surface area (TPSA) is 89.6 Å². The molecule has 102 valence electrons. The minimum Gasteiger partial charge on any atom is -0.399 e. The zero-order chi connectivity index (χ0) is 14.4. The number of H-pyrrole nitrogens is 1. The van der Waals surface area contributed by atoms with E-state index in [-0.39, 0.29) is 5.56 Å². The standard InChI is InChI=1S/C15H11N5O/c16-10-5-6-12-11(7-10)14(21)19-15(18-12)20-13-4-2-1-3-9(13)8-17-20/h1-8H,16H2,(H,18,19,21). The molecule has 0 saturated carbocycles. The molecule has 0 amide bonds. The zero-order valence-corrected chi connectivity index (χ0v) is 10.9. The summed E-state index contributed by atoms with van der Waals surface area (Å²) >= 11 is 0. The number of para-hydroxylation sites is 1. The van der Waals surface area contributed by atoms with Crippen LogP contribution in [0.15, 0.2) is 53.5 Å². The summed E-state index contributed by atoms with van der Waals surface area (Å²) in [4.78, 5) is 19.4. The highest BCUT2D eigenvalue weighted by molar-refractivity contribution is 5.82. The lowest BCUT2D eigenvalue weighted by Crippen LogP contribution is -2.14. The minimum absolute atomic E-state index is 0.234. The van der Waals surface area contributed by atoms with Gasteiger partial charge in [-0.25, -0.2) is 4.98 Å². The van der Waals surface area contributed by atoms with E-state index in [0.29, 0.717) is 22.5 Å². The summed E-state index contributed by atoms with van der Waals surface area (Å²) in [7, 11) is 0. The summed E-state index contributed by atoms with van der Waals surface area (Å²) in [6.45, 7) is 0. The lowest BCUT2D eigenvalue weighted by atomic mass is 10.2. The second-order valence-corrected chi connectivity index (χ2v) is 4.78. The fourth-order valence-corrected chi connectivity index (χ4v) is 2.38. The number of nitrogens with two attached hydrogens (primary N) is 1. The fourth-order valence-electron chi connectivity index (χ4n) is 2.38. The van der Waals surface area contributed by atoms with Crippen molar-refractivity contribution >= 4 is 27.5 Å². The van der Waals surface area contributed by atoms with Gasteiger partial charge in [-0.1, -0.05) is 18.2 Å². The third-order valence-corrected chi connectivity index (χ3v) is 3.39. The summed E-state index contributed by atoms with van der Waals surface area (Å²) < 4.78 is 1.62. The van der Waals surface area contributed by atoms with Gasteiger partial charge in [0.25, 0.3) is 5.56 Å². The number of aromatic amines is 1. The number of benzene rings is 2. The lowest BCUT2D eigenvalue weighted by Gasteiger charge is -2.04. The van der Waals surface area contributed by atoms with Crippen LogP contribution < -0.4 is 11.3 Å². The molecule has 6 nitrogen and oxygen atoms in total. The second-order valence-electron chi connectivity index (χ2n) is 4.78. The molecule has 0 fully saturated rings. The van der Waals surface area contributed by atoms with Crippen molar-refractivity contribution < 1.29 is 0 Å². The summed E-state index contributed by atoms with van der Waals surface area (Å²) in [5.74, 6) is 0.387. The SMILES string of the molecule is Nc1ccc2nc(-n3ncc4ccccc43)[nH]c(=O)c2c1. The first-order valence-electron chi connectivity index (χ1n) is 6.45. The Kier molecular flexibility index (Phi) is 2.32. The number of anilines is 1. The molecule has 21 heavy (non-hydrogen) atoms. The Morgan fingerprint density at radius 3 is 2.90 bits per heavy atom. The summed E-state index contributed by atoms with van der Waals surface area (Å²) in [5.41, 5.74) is 7.47. The van der Waals surface area contributed by atoms with Crippen LogP contribution in [0.2, 0.25) is 0 Å². The van der Waals surface area contributed by atoms with Crippen LogP contribution in [0.5, 0.6) is 0 Å². The number of hydrogen-bond donors (Lipinski definition) is 2. The van der Waals surface area contributed by atoms with E-state index in [4.69, 9.17) is 5.73 Å². The van der Waals surface area contributed by atoms with Crippen molar-refractivity contribution in [3.8, 4) is 5.95 Å². The largest absolute Gasteiger partial charge is 0.399 e. The first kappa shape index (κ1) is 11.7. The summed E-state index contributed by atoms with van der Waals surface area (Å²) in [5, 5.41) is 5.74. The van der Waals surface area contributed by atoms with Crippen LogP contribution in [0, 0.1) is 0 Å². The van der Waals surface area contributed by atoms with Crippen LogP contribution in [-0.2, 0) is 0 Å². The Balaban J connectivity index is 2.03. The van der Waals surface area contributed by atoms with Gasteiger partial charge < -0.3 is 5.73 Å².